The number of aromatic nitrogens is 2. The van der Waals surface area contributed by atoms with Crippen molar-refractivity contribution in [2.24, 2.45) is 0 Å². The molecule has 3 heterocycles. The van der Waals surface area contributed by atoms with E-state index in [0.717, 1.165) is 17.2 Å². The van der Waals surface area contributed by atoms with Crippen LogP contribution in [-0.4, -0.2) is 40.0 Å². The monoisotopic (exact) mass is 306 g/mol. The maximum atomic E-state index is 4.62. The molecule has 0 aromatic carbocycles. The topological polar surface area (TPSA) is 32.6 Å². The highest BCUT2D eigenvalue weighted by molar-refractivity contribution is 7.15. The molecule has 0 radical (unpaired) electrons. The summed E-state index contributed by atoms with van der Waals surface area (Å²) in [5.41, 5.74) is 2.48. The average Bonchev–Trinajstić information content (AvgIpc) is 3.05. The van der Waals surface area contributed by atoms with E-state index in [1.54, 1.807) is 11.3 Å². The van der Waals surface area contributed by atoms with Crippen molar-refractivity contribution in [3.8, 4) is 0 Å². The number of likely N-dealkylation sites (tertiary alicyclic amines) is 1. The van der Waals surface area contributed by atoms with Gasteiger partial charge in [-0.05, 0) is 45.8 Å². The number of imidazole rings is 1. The van der Waals surface area contributed by atoms with Crippen LogP contribution in [0.2, 0.25) is 0 Å². The maximum Gasteiger partial charge on any atom is 0.194 e. The Bertz CT molecular complexity index is 566. The van der Waals surface area contributed by atoms with E-state index in [2.05, 4.69) is 45.0 Å². The number of fused-ring (bicyclic) bond motifs is 1. The predicted octanol–water partition coefficient (Wildman–Crippen LogP) is 3.06. The Morgan fingerprint density at radius 1 is 1.38 bits per heavy atom. The van der Waals surface area contributed by atoms with Crippen molar-refractivity contribution >= 4 is 16.3 Å². The number of piperidine rings is 1. The van der Waals surface area contributed by atoms with Gasteiger partial charge in [0.05, 0.1) is 11.4 Å². The van der Waals surface area contributed by atoms with Crippen LogP contribution in [0.1, 0.15) is 44.0 Å². The lowest BCUT2D eigenvalue weighted by atomic mass is 10.0. The standard InChI is InChI=1S/C16H26N4S/c1-3-4-7-19-8-5-14(6-9-19)17-12-15-13(2)18-16-20(15)10-11-21-16/h10-11,14,17H,3-9,12H2,1-2H3. The molecule has 1 saturated heterocycles. The maximum absolute atomic E-state index is 4.62. The van der Waals surface area contributed by atoms with Crippen LogP contribution in [-0.2, 0) is 6.54 Å². The average molecular weight is 306 g/mol. The summed E-state index contributed by atoms with van der Waals surface area (Å²) in [6.45, 7) is 9.09. The molecular formula is C16H26N4S. The van der Waals surface area contributed by atoms with Crippen LogP contribution in [0.4, 0.5) is 0 Å². The van der Waals surface area contributed by atoms with Crippen molar-refractivity contribution in [1.29, 1.82) is 0 Å². The van der Waals surface area contributed by atoms with Crippen LogP contribution in [0.3, 0.4) is 0 Å². The van der Waals surface area contributed by atoms with Gasteiger partial charge in [-0.2, -0.15) is 0 Å². The Morgan fingerprint density at radius 2 is 2.19 bits per heavy atom. The molecule has 0 saturated carbocycles. The van der Waals surface area contributed by atoms with Crippen LogP contribution in [0.25, 0.3) is 4.96 Å². The Kier molecular flexibility index (Phi) is 4.93. The smallest absolute Gasteiger partial charge is 0.194 e. The third-order valence-corrected chi connectivity index (χ3v) is 5.29. The van der Waals surface area contributed by atoms with Crippen LogP contribution < -0.4 is 5.32 Å². The number of nitrogens with zero attached hydrogens (tertiary/aromatic N) is 3. The van der Waals surface area contributed by atoms with E-state index in [9.17, 15) is 0 Å². The highest BCUT2D eigenvalue weighted by atomic mass is 32.1. The summed E-state index contributed by atoms with van der Waals surface area (Å²) >= 11 is 1.71. The predicted molar refractivity (Wildman–Crippen MR) is 89.0 cm³/mol. The van der Waals surface area contributed by atoms with Crippen LogP contribution in [0.15, 0.2) is 11.6 Å². The summed E-state index contributed by atoms with van der Waals surface area (Å²) in [6, 6.07) is 0.659. The largest absolute Gasteiger partial charge is 0.308 e. The molecule has 21 heavy (non-hydrogen) atoms. The van der Waals surface area contributed by atoms with E-state index in [4.69, 9.17) is 0 Å². The Morgan fingerprint density at radius 3 is 2.95 bits per heavy atom. The third kappa shape index (κ3) is 3.47. The lowest BCUT2D eigenvalue weighted by Crippen LogP contribution is -2.42. The van der Waals surface area contributed by atoms with Crippen molar-refractivity contribution in [3.63, 3.8) is 0 Å². The molecule has 3 rings (SSSR count). The minimum Gasteiger partial charge on any atom is -0.308 e. The van der Waals surface area contributed by atoms with Crippen LogP contribution in [0.5, 0.6) is 0 Å². The summed E-state index contributed by atoms with van der Waals surface area (Å²) in [4.78, 5) is 8.34. The zero-order valence-corrected chi connectivity index (χ0v) is 14.0. The number of rotatable bonds is 6. The van der Waals surface area contributed by atoms with Gasteiger partial charge in [0.15, 0.2) is 4.96 Å². The third-order valence-electron chi connectivity index (χ3n) is 4.53. The van der Waals surface area contributed by atoms with Gasteiger partial charge in [0.25, 0.3) is 0 Å². The fourth-order valence-corrected chi connectivity index (χ4v) is 3.92. The zero-order chi connectivity index (χ0) is 14.7. The van der Waals surface area contributed by atoms with Crippen molar-refractivity contribution < 1.29 is 0 Å². The fourth-order valence-electron chi connectivity index (χ4n) is 3.14. The first-order chi connectivity index (χ1) is 10.3. The molecule has 1 aliphatic rings. The van der Waals surface area contributed by atoms with Gasteiger partial charge in [0.2, 0.25) is 0 Å². The summed E-state index contributed by atoms with van der Waals surface area (Å²) in [5.74, 6) is 0. The van der Waals surface area contributed by atoms with Crippen molar-refractivity contribution in [1.82, 2.24) is 19.6 Å². The molecule has 0 aliphatic carbocycles. The van der Waals surface area contributed by atoms with Gasteiger partial charge in [-0.25, -0.2) is 4.98 Å². The molecule has 1 N–H and O–H groups in total. The van der Waals surface area contributed by atoms with E-state index >= 15 is 0 Å². The van der Waals surface area contributed by atoms with Crippen molar-refractivity contribution in [2.45, 2.75) is 52.1 Å². The first-order valence-corrected chi connectivity index (χ1v) is 9.02. The Balaban J connectivity index is 1.50. The summed E-state index contributed by atoms with van der Waals surface area (Å²) in [5, 5.41) is 5.85. The number of hydrogen-bond donors (Lipinski definition) is 1. The van der Waals surface area contributed by atoms with E-state index in [1.807, 2.05) is 0 Å². The molecule has 0 bridgehead atoms. The molecule has 1 fully saturated rings. The highest BCUT2D eigenvalue weighted by Crippen LogP contribution is 2.18. The summed E-state index contributed by atoms with van der Waals surface area (Å²) < 4.78 is 2.23. The van der Waals surface area contributed by atoms with E-state index in [0.29, 0.717) is 6.04 Å². The second-order valence-corrected chi connectivity index (χ2v) is 6.92. The minimum absolute atomic E-state index is 0.659. The van der Waals surface area contributed by atoms with Gasteiger partial charge in [0, 0.05) is 24.2 Å². The second-order valence-electron chi connectivity index (χ2n) is 6.05. The lowest BCUT2D eigenvalue weighted by Gasteiger charge is -2.32. The first-order valence-electron chi connectivity index (χ1n) is 8.14. The number of aryl methyl sites for hydroxylation is 1. The number of unbranched alkanes of at least 4 members (excludes halogenated alkanes) is 1. The number of hydrogen-bond acceptors (Lipinski definition) is 4. The lowest BCUT2D eigenvalue weighted by molar-refractivity contribution is 0.194. The molecule has 116 valence electrons. The van der Waals surface area contributed by atoms with E-state index in [1.165, 1.54) is 51.0 Å². The SMILES string of the molecule is CCCCN1CCC(NCc2c(C)nc3sccn23)CC1. The normalized spacial score (nSPS) is 17.8. The summed E-state index contributed by atoms with van der Waals surface area (Å²) in [6.07, 6.45) is 7.31. The number of thiazole rings is 1. The van der Waals surface area contributed by atoms with Gasteiger partial charge in [0.1, 0.15) is 0 Å². The second kappa shape index (κ2) is 6.90. The Labute approximate surface area is 131 Å². The number of nitrogens with one attached hydrogen (secondary N) is 1. The quantitative estimate of drug-likeness (QED) is 0.890. The molecule has 0 amide bonds. The molecule has 1 aliphatic heterocycles. The zero-order valence-electron chi connectivity index (χ0n) is 13.1. The molecule has 2 aromatic rings. The molecule has 5 heteroatoms. The van der Waals surface area contributed by atoms with Gasteiger partial charge in [-0.1, -0.05) is 13.3 Å². The molecule has 2 aromatic heterocycles. The minimum atomic E-state index is 0.659. The van der Waals surface area contributed by atoms with Crippen molar-refractivity contribution in [2.75, 3.05) is 19.6 Å². The molecular weight excluding hydrogens is 280 g/mol. The molecule has 4 nitrogen and oxygen atoms in total. The molecule has 0 spiro atoms. The highest BCUT2D eigenvalue weighted by Gasteiger charge is 2.19. The van der Waals surface area contributed by atoms with Crippen LogP contribution >= 0.6 is 11.3 Å². The van der Waals surface area contributed by atoms with Gasteiger partial charge in [-0.15, -0.1) is 11.3 Å². The van der Waals surface area contributed by atoms with Crippen molar-refractivity contribution in [3.05, 3.63) is 23.0 Å². The van der Waals surface area contributed by atoms with Gasteiger partial charge in [-0.3, -0.25) is 4.40 Å². The van der Waals surface area contributed by atoms with Crippen LogP contribution in [0, 0.1) is 6.92 Å². The Hall–Kier alpha value is -0.910. The molecule has 0 atom stereocenters. The van der Waals surface area contributed by atoms with Gasteiger partial charge >= 0.3 is 0 Å². The fraction of sp³-hybridized carbons (Fsp3) is 0.688. The van der Waals surface area contributed by atoms with E-state index < -0.39 is 0 Å². The first kappa shape index (κ1) is 15.0. The van der Waals surface area contributed by atoms with Gasteiger partial charge < -0.3 is 10.2 Å². The van der Waals surface area contributed by atoms with E-state index in [-0.39, 0.29) is 0 Å². The summed E-state index contributed by atoms with van der Waals surface area (Å²) in [7, 11) is 0. The molecule has 0 unspecified atom stereocenters.